The van der Waals surface area contributed by atoms with E-state index in [9.17, 15) is 0 Å². The highest BCUT2D eigenvalue weighted by atomic mass is 32.1. The third-order valence-corrected chi connectivity index (χ3v) is 8.00. The molecule has 134 valence electrons. The maximum Gasteiger partial charge on any atom is 0.194 e. The van der Waals surface area contributed by atoms with Crippen LogP contribution in [-0.2, 0) is 5.41 Å². The molecule has 4 saturated carbocycles. The van der Waals surface area contributed by atoms with E-state index in [1.807, 2.05) is 6.07 Å². The Morgan fingerprint density at radius 3 is 2.54 bits per heavy atom. The number of ether oxygens (including phenoxy) is 1. The maximum absolute atomic E-state index is 5.41. The lowest BCUT2D eigenvalue weighted by Crippen LogP contribution is -2.48. The summed E-state index contributed by atoms with van der Waals surface area (Å²) in [6.07, 6.45) is 10.9. The highest BCUT2D eigenvalue weighted by Gasteiger charge is 2.52. The summed E-state index contributed by atoms with van der Waals surface area (Å²) in [5.41, 5.74) is 4.16. The van der Waals surface area contributed by atoms with Gasteiger partial charge >= 0.3 is 0 Å². The highest BCUT2D eigenvalue weighted by molar-refractivity contribution is 7.15. The molecular weight excluding hydrogens is 340 g/mol. The number of rotatable bonds is 3. The van der Waals surface area contributed by atoms with Gasteiger partial charge in [0.1, 0.15) is 5.75 Å². The first-order valence-electron chi connectivity index (χ1n) is 9.84. The molecule has 0 unspecified atom stereocenters. The number of thiazole rings is 1. The summed E-state index contributed by atoms with van der Waals surface area (Å²) in [6, 6.07) is 8.34. The Bertz CT molecular complexity index is 950. The topological polar surface area (TPSA) is 26.5 Å². The largest absolute Gasteiger partial charge is 0.497 e. The second-order valence-corrected chi connectivity index (χ2v) is 9.67. The minimum Gasteiger partial charge on any atom is -0.497 e. The molecule has 4 fully saturated rings. The van der Waals surface area contributed by atoms with Crippen molar-refractivity contribution in [1.29, 1.82) is 0 Å². The second-order valence-electron chi connectivity index (χ2n) is 8.83. The van der Waals surface area contributed by atoms with Gasteiger partial charge in [-0.15, -0.1) is 11.3 Å². The Morgan fingerprint density at radius 2 is 1.85 bits per heavy atom. The fraction of sp³-hybridized carbons (Fsp3) is 0.500. The Kier molecular flexibility index (Phi) is 3.14. The molecule has 3 nitrogen and oxygen atoms in total. The smallest absolute Gasteiger partial charge is 0.194 e. The molecule has 4 bridgehead atoms. The first-order chi connectivity index (χ1) is 12.7. The molecule has 26 heavy (non-hydrogen) atoms. The molecule has 0 saturated heterocycles. The quantitative estimate of drug-likeness (QED) is 0.610. The number of benzene rings is 1. The van der Waals surface area contributed by atoms with Crippen LogP contribution in [0.25, 0.3) is 16.2 Å². The van der Waals surface area contributed by atoms with Crippen LogP contribution in [0.3, 0.4) is 0 Å². The van der Waals surface area contributed by atoms with E-state index >= 15 is 0 Å². The van der Waals surface area contributed by atoms with E-state index in [4.69, 9.17) is 9.72 Å². The number of imidazole rings is 1. The van der Waals surface area contributed by atoms with Crippen LogP contribution in [0.2, 0.25) is 0 Å². The number of hydrogen-bond donors (Lipinski definition) is 0. The van der Waals surface area contributed by atoms with Gasteiger partial charge in [-0.25, -0.2) is 4.98 Å². The number of aromatic nitrogens is 2. The molecule has 0 amide bonds. The van der Waals surface area contributed by atoms with Gasteiger partial charge < -0.3 is 4.74 Å². The average Bonchev–Trinajstić information content (AvgIpc) is 3.21. The van der Waals surface area contributed by atoms with E-state index < -0.39 is 0 Å². The van der Waals surface area contributed by atoms with Gasteiger partial charge in [-0.2, -0.15) is 0 Å². The molecule has 0 aliphatic heterocycles. The summed E-state index contributed by atoms with van der Waals surface area (Å²) in [4.78, 5) is 6.27. The zero-order valence-corrected chi connectivity index (χ0v) is 16.0. The summed E-state index contributed by atoms with van der Waals surface area (Å²) in [5.74, 6) is 3.78. The number of fused-ring (bicyclic) bond motifs is 1. The molecule has 0 spiro atoms. The predicted octanol–water partition coefficient (Wildman–Crippen LogP) is 5.54. The van der Waals surface area contributed by atoms with Crippen molar-refractivity contribution in [1.82, 2.24) is 9.38 Å². The maximum atomic E-state index is 5.41. The van der Waals surface area contributed by atoms with Crippen molar-refractivity contribution >= 4 is 16.3 Å². The molecule has 0 atom stereocenters. The minimum absolute atomic E-state index is 0.367. The average molecular weight is 365 g/mol. The van der Waals surface area contributed by atoms with Gasteiger partial charge in [0.25, 0.3) is 0 Å². The fourth-order valence-electron chi connectivity index (χ4n) is 6.45. The number of methoxy groups -OCH3 is 1. The van der Waals surface area contributed by atoms with Crippen LogP contribution in [0.5, 0.6) is 5.75 Å². The summed E-state index contributed by atoms with van der Waals surface area (Å²) in [7, 11) is 1.73. The lowest BCUT2D eigenvalue weighted by Gasteiger charge is -2.56. The van der Waals surface area contributed by atoms with Gasteiger partial charge in [-0.3, -0.25) is 4.40 Å². The first kappa shape index (κ1) is 15.3. The number of nitrogens with zero attached hydrogens (tertiary/aromatic N) is 2. The van der Waals surface area contributed by atoms with E-state index in [-0.39, 0.29) is 0 Å². The second kappa shape index (κ2) is 5.35. The SMILES string of the molecule is COc1cccc(-c2csc3nc(C45CC6CC(CC(C6)C4)C5)cn23)c1. The van der Waals surface area contributed by atoms with Gasteiger partial charge in [-0.05, 0) is 68.4 Å². The van der Waals surface area contributed by atoms with Gasteiger partial charge in [0.15, 0.2) is 4.96 Å². The van der Waals surface area contributed by atoms with Gasteiger partial charge in [0, 0.05) is 22.6 Å². The fourth-order valence-corrected chi connectivity index (χ4v) is 7.34. The van der Waals surface area contributed by atoms with Crippen LogP contribution in [0, 0.1) is 17.8 Å². The van der Waals surface area contributed by atoms with E-state index in [0.29, 0.717) is 5.41 Å². The molecule has 4 aliphatic rings. The van der Waals surface area contributed by atoms with Crippen molar-refractivity contribution in [2.75, 3.05) is 7.11 Å². The Balaban J connectivity index is 1.44. The standard InChI is InChI=1S/C22H24N2OS/c1-25-18-4-2-3-17(8-18)19-13-26-21-23-20(12-24(19)21)22-9-14-5-15(10-22)7-16(6-14)11-22/h2-4,8,12-16H,5-7,9-11H2,1H3. The van der Waals surface area contributed by atoms with E-state index in [1.54, 1.807) is 18.4 Å². The van der Waals surface area contributed by atoms with E-state index in [0.717, 1.165) is 28.5 Å². The van der Waals surface area contributed by atoms with E-state index in [1.165, 1.54) is 55.5 Å². The van der Waals surface area contributed by atoms with Crippen LogP contribution in [0.4, 0.5) is 0 Å². The predicted molar refractivity (Wildman–Crippen MR) is 105 cm³/mol. The summed E-state index contributed by atoms with van der Waals surface area (Å²) in [5, 5.41) is 2.22. The molecule has 7 rings (SSSR count). The van der Waals surface area contributed by atoms with Crippen LogP contribution in [-0.4, -0.2) is 16.5 Å². The highest BCUT2D eigenvalue weighted by Crippen LogP contribution is 2.60. The molecule has 2 heterocycles. The van der Waals surface area contributed by atoms with Crippen LogP contribution < -0.4 is 4.74 Å². The van der Waals surface area contributed by atoms with Crippen molar-refractivity contribution in [2.24, 2.45) is 17.8 Å². The number of hydrogen-bond acceptors (Lipinski definition) is 3. The minimum atomic E-state index is 0.367. The van der Waals surface area contributed by atoms with Crippen molar-refractivity contribution < 1.29 is 4.74 Å². The Labute approximate surface area is 158 Å². The first-order valence-corrected chi connectivity index (χ1v) is 10.7. The van der Waals surface area contributed by atoms with Crippen molar-refractivity contribution in [3.63, 3.8) is 0 Å². The van der Waals surface area contributed by atoms with Crippen LogP contribution >= 0.6 is 11.3 Å². The summed E-state index contributed by atoms with van der Waals surface area (Å²) in [6.45, 7) is 0. The Hall–Kier alpha value is -1.81. The lowest BCUT2D eigenvalue weighted by molar-refractivity contribution is -0.00696. The third-order valence-electron chi connectivity index (χ3n) is 7.16. The molecule has 2 aromatic heterocycles. The summed E-state index contributed by atoms with van der Waals surface area (Å²) >= 11 is 1.76. The van der Waals surface area contributed by atoms with E-state index in [2.05, 4.69) is 34.2 Å². The zero-order valence-electron chi connectivity index (χ0n) is 15.1. The molecule has 1 aromatic carbocycles. The van der Waals surface area contributed by atoms with Crippen LogP contribution in [0.1, 0.15) is 44.2 Å². The zero-order chi connectivity index (χ0) is 17.3. The van der Waals surface area contributed by atoms with Gasteiger partial charge in [-0.1, -0.05) is 12.1 Å². The van der Waals surface area contributed by atoms with Crippen molar-refractivity contribution in [3.8, 4) is 17.0 Å². The van der Waals surface area contributed by atoms with Crippen LogP contribution in [0.15, 0.2) is 35.8 Å². The monoisotopic (exact) mass is 364 g/mol. The molecule has 3 aromatic rings. The third kappa shape index (κ3) is 2.14. The van der Waals surface area contributed by atoms with Crippen molar-refractivity contribution in [2.45, 2.75) is 43.9 Å². The molecule has 4 heteroatoms. The lowest BCUT2D eigenvalue weighted by atomic mass is 9.49. The normalized spacial score (nSPS) is 32.4. The summed E-state index contributed by atoms with van der Waals surface area (Å²) < 4.78 is 7.73. The molecule has 0 radical (unpaired) electrons. The van der Waals surface area contributed by atoms with Crippen molar-refractivity contribution in [3.05, 3.63) is 41.5 Å². The molecule has 0 N–H and O–H groups in total. The Morgan fingerprint density at radius 1 is 1.12 bits per heavy atom. The molecular formula is C22H24N2OS. The van der Waals surface area contributed by atoms with Gasteiger partial charge in [0.2, 0.25) is 0 Å². The molecule has 4 aliphatic carbocycles. The van der Waals surface area contributed by atoms with Gasteiger partial charge in [0.05, 0.1) is 18.5 Å².